The minimum atomic E-state index is -3.49. The average molecular weight is 468 g/mol. The Morgan fingerprint density at radius 3 is 2.42 bits per heavy atom. The number of piperidine rings is 1. The second-order valence-electron chi connectivity index (χ2n) is 10.2. The van der Waals surface area contributed by atoms with Crippen molar-refractivity contribution < 1.29 is 13.2 Å². The zero-order valence-corrected chi connectivity index (χ0v) is 20.3. The summed E-state index contributed by atoms with van der Waals surface area (Å²) in [6.45, 7) is 6.28. The lowest BCUT2D eigenvalue weighted by atomic mass is 9.78. The zero-order chi connectivity index (χ0) is 23.2. The Kier molecular flexibility index (Phi) is 5.73. The highest BCUT2D eigenvalue weighted by Gasteiger charge is 2.46. The summed E-state index contributed by atoms with van der Waals surface area (Å²) in [5.74, 6) is 0.422. The first kappa shape index (κ1) is 22.4. The quantitative estimate of drug-likeness (QED) is 0.738. The molecular formula is C26H33N3O3S. The first-order chi connectivity index (χ1) is 15.8. The van der Waals surface area contributed by atoms with Crippen LogP contribution in [0.15, 0.2) is 53.4 Å². The molecule has 1 N–H and O–H groups in total. The lowest BCUT2D eigenvalue weighted by Gasteiger charge is -2.38. The van der Waals surface area contributed by atoms with E-state index in [1.807, 2.05) is 49.1 Å². The van der Waals surface area contributed by atoms with Gasteiger partial charge in [-0.15, -0.1) is 0 Å². The number of urea groups is 1. The maximum atomic E-state index is 13.3. The summed E-state index contributed by atoms with van der Waals surface area (Å²) >= 11 is 0. The lowest BCUT2D eigenvalue weighted by Crippen LogP contribution is -2.46. The van der Waals surface area contributed by atoms with Gasteiger partial charge in [-0.1, -0.05) is 42.5 Å². The van der Waals surface area contributed by atoms with E-state index in [1.165, 1.54) is 5.56 Å². The van der Waals surface area contributed by atoms with Crippen molar-refractivity contribution in [3.8, 4) is 0 Å². The number of nitrogens with one attached hydrogen (secondary N) is 1. The molecule has 0 radical (unpaired) electrons. The fraction of sp³-hybridized carbons (Fsp3) is 0.500. The van der Waals surface area contributed by atoms with E-state index < -0.39 is 10.0 Å². The van der Waals surface area contributed by atoms with Crippen LogP contribution in [0.25, 0.3) is 0 Å². The monoisotopic (exact) mass is 467 g/mol. The molecule has 0 aromatic heterocycles. The third-order valence-corrected chi connectivity index (χ3v) is 9.84. The van der Waals surface area contributed by atoms with E-state index in [4.69, 9.17) is 0 Å². The topological polar surface area (TPSA) is 69.7 Å². The van der Waals surface area contributed by atoms with Crippen LogP contribution in [0.2, 0.25) is 0 Å². The number of sulfonamides is 1. The van der Waals surface area contributed by atoms with Gasteiger partial charge in [-0.25, -0.2) is 13.2 Å². The highest BCUT2D eigenvalue weighted by atomic mass is 32.2. The van der Waals surface area contributed by atoms with E-state index in [1.54, 1.807) is 10.4 Å². The Morgan fingerprint density at radius 1 is 1.00 bits per heavy atom. The molecule has 33 heavy (non-hydrogen) atoms. The van der Waals surface area contributed by atoms with Crippen molar-refractivity contribution in [2.24, 2.45) is 5.41 Å². The van der Waals surface area contributed by atoms with Gasteiger partial charge in [-0.3, -0.25) is 0 Å². The summed E-state index contributed by atoms with van der Waals surface area (Å²) in [6.07, 6.45) is 3.55. The second kappa shape index (κ2) is 8.44. The number of likely N-dealkylation sites (tertiary alicyclic amines) is 1. The van der Waals surface area contributed by atoms with E-state index in [9.17, 15) is 13.2 Å². The number of rotatable bonds is 4. The molecule has 2 aliphatic heterocycles. The predicted molar refractivity (Wildman–Crippen MR) is 129 cm³/mol. The maximum absolute atomic E-state index is 13.3. The van der Waals surface area contributed by atoms with Gasteiger partial charge in [0.15, 0.2) is 0 Å². The molecule has 5 rings (SSSR count). The van der Waals surface area contributed by atoms with Crippen LogP contribution in [-0.2, 0) is 10.0 Å². The number of aryl methyl sites for hydroxylation is 2. The lowest BCUT2D eigenvalue weighted by molar-refractivity contribution is 0.154. The standard InChI is InChI=1S/C26H33N3O3S/c1-19-8-9-20(2)24(16-19)33(31,32)29-14-11-26(12-15-29)10-13-28(18-26)25(30)27-23-17-22(23)21-6-4-3-5-7-21/h3-9,16,22-23H,10-15,17-18H2,1-2H3,(H,27,30). The van der Waals surface area contributed by atoms with Crippen LogP contribution < -0.4 is 5.32 Å². The van der Waals surface area contributed by atoms with Crippen molar-refractivity contribution >= 4 is 16.1 Å². The van der Waals surface area contributed by atoms with E-state index in [0.29, 0.717) is 23.9 Å². The Hall–Kier alpha value is -2.38. The van der Waals surface area contributed by atoms with Crippen LogP contribution >= 0.6 is 0 Å². The third kappa shape index (κ3) is 4.41. The summed E-state index contributed by atoms with van der Waals surface area (Å²) in [5.41, 5.74) is 3.07. The van der Waals surface area contributed by atoms with Crippen LogP contribution in [0.5, 0.6) is 0 Å². The van der Waals surface area contributed by atoms with Gasteiger partial charge in [0.2, 0.25) is 10.0 Å². The minimum Gasteiger partial charge on any atom is -0.335 e. The molecule has 2 amide bonds. The van der Waals surface area contributed by atoms with Crippen molar-refractivity contribution in [2.75, 3.05) is 26.2 Å². The van der Waals surface area contributed by atoms with E-state index in [0.717, 1.165) is 49.9 Å². The van der Waals surface area contributed by atoms with Gasteiger partial charge in [-0.05, 0) is 67.7 Å². The Labute approximate surface area is 197 Å². The fourth-order valence-electron chi connectivity index (χ4n) is 5.51. The Morgan fingerprint density at radius 2 is 1.70 bits per heavy atom. The molecule has 2 aromatic carbocycles. The van der Waals surface area contributed by atoms with E-state index >= 15 is 0 Å². The molecule has 0 bridgehead atoms. The van der Waals surface area contributed by atoms with E-state index in [2.05, 4.69) is 17.4 Å². The molecule has 3 fully saturated rings. The highest BCUT2D eigenvalue weighted by molar-refractivity contribution is 7.89. The van der Waals surface area contributed by atoms with Crippen LogP contribution in [-0.4, -0.2) is 55.9 Å². The van der Waals surface area contributed by atoms with Crippen molar-refractivity contribution in [2.45, 2.75) is 56.4 Å². The molecule has 1 aliphatic carbocycles. The summed E-state index contributed by atoms with van der Waals surface area (Å²) in [7, 11) is -3.49. The molecule has 7 heteroatoms. The first-order valence-electron chi connectivity index (χ1n) is 12.0. The molecule has 2 heterocycles. The number of amides is 2. The Balaban J connectivity index is 1.17. The minimum absolute atomic E-state index is 0.0285. The van der Waals surface area contributed by atoms with Crippen LogP contribution in [0.4, 0.5) is 4.79 Å². The summed E-state index contributed by atoms with van der Waals surface area (Å²) < 4.78 is 28.2. The normalized spacial score (nSPS) is 24.7. The molecule has 2 unspecified atom stereocenters. The first-order valence-corrected chi connectivity index (χ1v) is 13.4. The molecule has 1 saturated carbocycles. The van der Waals surface area contributed by atoms with Crippen LogP contribution in [0, 0.1) is 19.3 Å². The molecule has 2 atom stereocenters. The summed E-state index contributed by atoms with van der Waals surface area (Å²) in [6, 6.07) is 16.2. The molecule has 3 aliphatic rings. The van der Waals surface area contributed by atoms with Crippen LogP contribution in [0.1, 0.15) is 48.3 Å². The molecule has 176 valence electrons. The largest absolute Gasteiger partial charge is 0.335 e. The maximum Gasteiger partial charge on any atom is 0.317 e. The van der Waals surface area contributed by atoms with Crippen molar-refractivity contribution in [3.63, 3.8) is 0 Å². The number of carbonyl (C=O) groups is 1. The van der Waals surface area contributed by atoms with Gasteiger partial charge in [0.1, 0.15) is 0 Å². The number of hydrogen-bond donors (Lipinski definition) is 1. The van der Waals surface area contributed by atoms with Crippen molar-refractivity contribution in [1.29, 1.82) is 0 Å². The van der Waals surface area contributed by atoms with Gasteiger partial charge < -0.3 is 10.2 Å². The zero-order valence-electron chi connectivity index (χ0n) is 19.5. The SMILES string of the molecule is Cc1ccc(C)c(S(=O)(=O)N2CCC3(CCN(C(=O)NC4CC4c4ccccc4)C3)CC2)c1. The molecule has 6 nitrogen and oxygen atoms in total. The molecule has 2 saturated heterocycles. The smallest absolute Gasteiger partial charge is 0.317 e. The van der Waals surface area contributed by atoms with Gasteiger partial charge >= 0.3 is 6.03 Å². The van der Waals surface area contributed by atoms with E-state index in [-0.39, 0.29) is 17.5 Å². The average Bonchev–Trinajstić information content (AvgIpc) is 3.46. The van der Waals surface area contributed by atoms with Crippen molar-refractivity contribution in [3.05, 3.63) is 65.2 Å². The molecule has 2 aromatic rings. The number of carbonyl (C=O) groups excluding carboxylic acids is 1. The molecule has 1 spiro atoms. The number of benzene rings is 2. The number of hydrogen-bond acceptors (Lipinski definition) is 3. The van der Waals surface area contributed by atoms with Gasteiger partial charge in [-0.2, -0.15) is 4.31 Å². The second-order valence-corrected chi connectivity index (χ2v) is 12.1. The predicted octanol–water partition coefficient (Wildman–Crippen LogP) is 4.05. The van der Waals surface area contributed by atoms with Crippen molar-refractivity contribution in [1.82, 2.24) is 14.5 Å². The fourth-order valence-corrected chi connectivity index (χ4v) is 7.27. The molecular weight excluding hydrogens is 434 g/mol. The van der Waals surface area contributed by atoms with Gasteiger partial charge in [0.05, 0.1) is 4.90 Å². The van der Waals surface area contributed by atoms with Crippen LogP contribution in [0.3, 0.4) is 0 Å². The number of nitrogens with zero attached hydrogens (tertiary/aromatic N) is 2. The third-order valence-electron chi connectivity index (χ3n) is 7.80. The van der Waals surface area contributed by atoms with Gasteiger partial charge in [0, 0.05) is 38.1 Å². The highest BCUT2D eigenvalue weighted by Crippen LogP contribution is 2.43. The summed E-state index contributed by atoms with van der Waals surface area (Å²) in [4.78, 5) is 15.2. The Bertz CT molecular complexity index is 1140. The van der Waals surface area contributed by atoms with Gasteiger partial charge in [0.25, 0.3) is 0 Å². The summed E-state index contributed by atoms with van der Waals surface area (Å²) in [5, 5.41) is 3.21.